The SMILES string of the molecule is [O-][n+]1cc2nc(Cc3ccccc3)sc2c2ccccc21. The van der Waals surface area contributed by atoms with E-state index in [1.165, 1.54) is 5.56 Å². The fraction of sp³-hybridized carbons (Fsp3) is 0.0588. The van der Waals surface area contributed by atoms with Gasteiger partial charge in [0.2, 0.25) is 11.7 Å². The first kappa shape index (κ1) is 12.3. The van der Waals surface area contributed by atoms with Gasteiger partial charge >= 0.3 is 0 Å². The number of nitrogens with zero attached hydrogens (tertiary/aromatic N) is 2. The molecule has 0 aliphatic rings. The Morgan fingerprint density at radius 1 is 1.00 bits per heavy atom. The molecule has 21 heavy (non-hydrogen) atoms. The third kappa shape index (κ3) is 2.14. The quantitative estimate of drug-likeness (QED) is 0.418. The van der Waals surface area contributed by atoms with Gasteiger partial charge in [0.1, 0.15) is 5.52 Å². The summed E-state index contributed by atoms with van der Waals surface area (Å²) in [5.41, 5.74) is 2.70. The van der Waals surface area contributed by atoms with E-state index in [0.29, 0.717) is 5.52 Å². The van der Waals surface area contributed by atoms with Crippen LogP contribution in [0.4, 0.5) is 0 Å². The largest absolute Gasteiger partial charge is 0.618 e. The zero-order valence-electron chi connectivity index (χ0n) is 11.2. The fourth-order valence-electron chi connectivity index (χ4n) is 2.54. The Bertz CT molecular complexity index is 931. The summed E-state index contributed by atoms with van der Waals surface area (Å²) in [6, 6.07) is 17.9. The molecule has 0 aliphatic heterocycles. The van der Waals surface area contributed by atoms with Gasteiger partial charge in [-0.2, -0.15) is 4.73 Å². The normalized spacial score (nSPS) is 11.2. The molecule has 4 rings (SSSR count). The van der Waals surface area contributed by atoms with E-state index in [1.54, 1.807) is 17.5 Å². The highest BCUT2D eigenvalue weighted by molar-refractivity contribution is 7.19. The molecular formula is C17H12N2OS. The Balaban J connectivity index is 1.88. The van der Waals surface area contributed by atoms with Crippen LogP contribution in [0.5, 0.6) is 0 Å². The molecular weight excluding hydrogens is 280 g/mol. The third-order valence-electron chi connectivity index (χ3n) is 3.52. The number of hydrogen-bond donors (Lipinski definition) is 0. The lowest BCUT2D eigenvalue weighted by Gasteiger charge is -2.00. The lowest BCUT2D eigenvalue weighted by molar-refractivity contribution is -0.575. The van der Waals surface area contributed by atoms with Gasteiger partial charge in [-0.15, -0.1) is 11.3 Å². The van der Waals surface area contributed by atoms with E-state index in [9.17, 15) is 5.21 Å². The van der Waals surface area contributed by atoms with E-state index in [-0.39, 0.29) is 0 Å². The smallest absolute Gasteiger partial charge is 0.225 e. The summed E-state index contributed by atoms with van der Waals surface area (Å²) in [6.45, 7) is 0. The molecule has 2 aromatic heterocycles. The van der Waals surface area contributed by atoms with Gasteiger partial charge in [-0.1, -0.05) is 42.5 Å². The van der Waals surface area contributed by atoms with Gasteiger partial charge in [-0.25, -0.2) is 4.98 Å². The molecule has 0 amide bonds. The van der Waals surface area contributed by atoms with Crippen LogP contribution in [0.15, 0.2) is 60.8 Å². The van der Waals surface area contributed by atoms with Crippen molar-refractivity contribution in [2.45, 2.75) is 6.42 Å². The van der Waals surface area contributed by atoms with Crippen LogP contribution in [0.25, 0.3) is 21.1 Å². The standard InChI is InChI=1S/C17H12N2OS/c20-19-11-14-17(13-8-4-5-9-15(13)19)21-16(18-14)10-12-6-2-1-3-7-12/h1-9,11H,10H2. The summed E-state index contributed by atoms with van der Waals surface area (Å²) >= 11 is 1.67. The Hall–Kier alpha value is -2.46. The van der Waals surface area contributed by atoms with Crippen LogP contribution < -0.4 is 4.73 Å². The van der Waals surface area contributed by atoms with Crippen molar-refractivity contribution < 1.29 is 4.73 Å². The molecule has 2 heterocycles. The van der Waals surface area contributed by atoms with Crippen molar-refractivity contribution in [3.05, 3.63) is 76.6 Å². The van der Waals surface area contributed by atoms with Crippen molar-refractivity contribution in [2.75, 3.05) is 0 Å². The Labute approximate surface area is 125 Å². The maximum absolute atomic E-state index is 12.0. The number of pyridine rings is 1. The maximum atomic E-state index is 12.0. The van der Waals surface area contributed by atoms with Crippen LogP contribution in [0, 0.1) is 5.21 Å². The van der Waals surface area contributed by atoms with Crippen LogP contribution in [-0.2, 0) is 6.42 Å². The number of para-hydroxylation sites is 1. The van der Waals surface area contributed by atoms with E-state index in [4.69, 9.17) is 0 Å². The van der Waals surface area contributed by atoms with Crippen molar-refractivity contribution >= 4 is 32.5 Å². The van der Waals surface area contributed by atoms with Gasteiger partial charge in [0.25, 0.3) is 0 Å². The minimum absolute atomic E-state index is 0.694. The summed E-state index contributed by atoms with van der Waals surface area (Å²) in [7, 11) is 0. The Morgan fingerprint density at radius 2 is 1.76 bits per heavy atom. The van der Waals surface area contributed by atoms with Crippen LogP contribution in [-0.4, -0.2) is 4.98 Å². The molecule has 0 fully saturated rings. The van der Waals surface area contributed by atoms with Gasteiger partial charge < -0.3 is 5.21 Å². The van der Waals surface area contributed by atoms with Crippen molar-refractivity contribution in [3.63, 3.8) is 0 Å². The summed E-state index contributed by atoms with van der Waals surface area (Å²) in [6.07, 6.45) is 2.37. The second kappa shape index (κ2) is 4.82. The van der Waals surface area contributed by atoms with E-state index in [1.807, 2.05) is 42.5 Å². The van der Waals surface area contributed by atoms with Crippen molar-refractivity contribution in [1.82, 2.24) is 4.98 Å². The van der Waals surface area contributed by atoms with Gasteiger partial charge in [0, 0.05) is 12.5 Å². The van der Waals surface area contributed by atoms with Crippen LogP contribution in [0.1, 0.15) is 10.6 Å². The predicted octanol–water partition coefficient (Wildman–Crippen LogP) is 3.67. The Kier molecular flexibility index (Phi) is 2.82. The van der Waals surface area contributed by atoms with Crippen molar-refractivity contribution in [3.8, 4) is 0 Å². The molecule has 0 saturated carbocycles. The minimum Gasteiger partial charge on any atom is -0.618 e. The number of fused-ring (bicyclic) bond motifs is 3. The van der Waals surface area contributed by atoms with Crippen molar-refractivity contribution in [2.24, 2.45) is 0 Å². The van der Waals surface area contributed by atoms with E-state index < -0.39 is 0 Å². The summed E-state index contributed by atoms with van der Waals surface area (Å²) < 4.78 is 1.99. The first-order valence-electron chi connectivity index (χ1n) is 6.75. The molecule has 0 aliphatic carbocycles. The minimum atomic E-state index is 0.694. The average Bonchev–Trinajstić information content (AvgIpc) is 2.91. The molecule has 0 atom stereocenters. The highest BCUT2D eigenvalue weighted by Gasteiger charge is 2.13. The molecule has 4 aromatic rings. The van der Waals surface area contributed by atoms with E-state index >= 15 is 0 Å². The maximum Gasteiger partial charge on any atom is 0.225 e. The number of benzene rings is 2. The number of thiazole rings is 1. The van der Waals surface area contributed by atoms with E-state index in [2.05, 4.69) is 17.1 Å². The van der Waals surface area contributed by atoms with Gasteiger partial charge in [0.15, 0.2) is 0 Å². The van der Waals surface area contributed by atoms with Gasteiger partial charge in [-0.05, 0) is 11.6 Å². The second-order valence-electron chi connectivity index (χ2n) is 4.96. The monoisotopic (exact) mass is 292 g/mol. The highest BCUT2D eigenvalue weighted by atomic mass is 32.1. The number of rotatable bonds is 2. The number of aromatic nitrogens is 2. The topological polar surface area (TPSA) is 39.8 Å². The van der Waals surface area contributed by atoms with Crippen LogP contribution in [0.2, 0.25) is 0 Å². The van der Waals surface area contributed by atoms with Gasteiger partial charge in [-0.3, -0.25) is 0 Å². The zero-order chi connectivity index (χ0) is 14.2. The van der Waals surface area contributed by atoms with Crippen LogP contribution in [0.3, 0.4) is 0 Å². The predicted molar refractivity (Wildman–Crippen MR) is 85.3 cm³/mol. The third-order valence-corrected chi connectivity index (χ3v) is 4.63. The zero-order valence-corrected chi connectivity index (χ0v) is 12.0. The number of hydrogen-bond acceptors (Lipinski definition) is 3. The van der Waals surface area contributed by atoms with Crippen LogP contribution >= 0.6 is 11.3 Å². The molecule has 102 valence electrons. The Morgan fingerprint density at radius 3 is 2.62 bits per heavy atom. The fourth-order valence-corrected chi connectivity index (χ4v) is 3.65. The highest BCUT2D eigenvalue weighted by Crippen LogP contribution is 2.29. The molecule has 3 nitrogen and oxygen atoms in total. The van der Waals surface area contributed by atoms with Crippen molar-refractivity contribution in [1.29, 1.82) is 0 Å². The first-order chi connectivity index (χ1) is 10.3. The molecule has 0 N–H and O–H groups in total. The first-order valence-corrected chi connectivity index (χ1v) is 7.57. The molecule has 0 radical (unpaired) electrons. The second-order valence-corrected chi connectivity index (χ2v) is 6.04. The summed E-state index contributed by atoms with van der Waals surface area (Å²) in [5.74, 6) is 0. The molecule has 0 bridgehead atoms. The lowest BCUT2D eigenvalue weighted by Crippen LogP contribution is -2.26. The summed E-state index contributed by atoms with van der Waals surface area (Å²) in [4.78, 5) is 4.62. The average molecular weight is 292 g/mol. The molecule has 0 unspecified atom stereocenters. The molecule has 2 aromatic carbocycles. The molecule has 0 saturated heterocycles. The lowest BCUT2D eigenvalue weighted by atomic mass is 10.2. The van der Waals surface area contributed by atoms with E-state index in [0.717, 1.165) is 31.8 Å². The summed E-state index contributed by atoms with van der Waals surface area (Å²) in [5, 5.41) is 14.1. The van der Waals surface area contributed by atoms with Gasteiger partial charge in [0.05, 0.1) is 15.1 Å². The molecule has 4 heteroatoms. The molecule has 0 spiro atoms.